The van der Waals surface area contributed by atoms with E-state index >= 15 is 0 Å². The highest BCUT2D eigenvalue weighted by molar-refractivity contribution is 5.49. The third-order valence-corrected chi connectivity index (χ3v) is 3.16. The molecule has 1 nitrogen and oxygen atoms in total. The van der Waals surface area contributed by atoms with Crippen molar-refractivity contribution in [3.63, 3.8) is 0 Å². The summed E-state index contributed by atoms with van der Waals surface area (Å²) in [6, 6.07) is 18.9. The Bertz CT molecular complexity index is 511. The van der Waals surface area contributed by atoms with Gasteiger partial charge in [-0.2, -0.15) is 0 Å². The molecule has 2 rings (SSSR count). The van der Waals surface area contributed by atoms with Crippen molar-refractivity contribution < 1.29 is 4.74 Å². The van der Waals surface area contributed by atoms with Gasteiger partial charge in [0.2, 0.25) is 0 Å². The van der Waals surface area contributed by atoms with Gasteiger partial charge in [0, 0.05) is 6.61 Å². The number of hydrogen-bond acceptors (Lipinski definition) is 1. The van der Waals surface area contributed by atoms with Crippen molar-refractivity contribution in [2.45, 2.75) is 26.4 Å². The van der Waals surface area contributed by atoms with Gasteiger partial charge < -0.3 is 4.74 Å². The number of unbranched alkanes of at least 4 members (excludes halogenated alkanes) is 1. The van der Waals surface area contributed by atoms with Crippen molar-refractivity contribution in [1.82, 2.24) is 0 Å². The van der Waals surface area contributed by atoms with E-state index in [1.54, 1.807) is 0 Å². The molecule has 104 valence electrons. The summed E-state index contributed by atoms with van der Waals surface area (Å²) in [7, 11) is 0. The summed E-state index contributed by atoms with van der Waals surface area (Å²) in [4.78, 5) is 0. The van der Waals surface area contributed by atoms with Crippen LogP contribution in [0.4, 0.5) is 0 Å². The van der Waals surface area contributed by atoms with E-state index in [-0.39, 0.29) is 0 Å². The fourth-order valence-electron chi connectivity index (χ4n) is 1.96. The number of benzene rings is 2. The highest BCUT2D eigenvalue weighted by Gasteiger charge is 1.91. The molecule has 0 N–H and O–H groups in total. The first-order valence-electron chi connectivity index (χ1n) is 7.19. The number of aryl methyl sites for hydroxylation is 1. The zero-order valence-electron chi connectivity index (χ0n) is 12.1. The molecule has 2 aromatic rings. The van der Waals surface area contributed by atoms with Crippen LogP contribution in [0.2, 0.25) is 0 Å². The molecular weight excluding hydrogens is 244 g/mol. The largest absolute Gasteiger partial charge is 0.377 e. The van der Waals surface area contributed by atoms with Crippen LogP contribution in [-0.2, 0) is 11.3 Å². The second kappa shape index (κ2) is 8.34. The van der Waals surface area contributed by atoms with Gasteiger partial charge in [-0.15, -0.1) is 0 Å². The van der Waals surface area contributed by atoms with E-state index in [0.717, 1.165) is 19.4 Å². The Hall–Kier alpha value is -1.86. The molecular formula is C19H22O. The molecule has 0 aliphatic rings. The smallest absolute Gasteiger partial charge is 0.0716 e. The maximum atomic E-state index is 5.65. The molecule has 0 heterocycles. The van der Waals surface area contributed by atoms with Crippen LogP contribution in [0.3, 0.4) is 0 Å². The molecule has 0 spiro atoms. The van der Waals surface area contributed by atoms with Gasteiger partial charge in [-0.05, 0) is 30.9 Å². The Morgan fingerprint density at radius 2 is 1.70 bits per heavy atom. The zero-order chi connectivity index (χ0) is 14.0. The lowest BCUT2D eigenvalue weighted by atomic mass is 10.1. The summed E-state index contributed by atoms with van der Waals surface area (Å²) in [5.74, 6) is 0. The molecule has 0 aliphatic heterocycles. The standard InChI is InChI=1S/C19H22O/c1-17-11-13-18(14-12-17)8-6-3-7-15-20-16-19-9-4-2-5-10-19/h2,4-6,8-14H,3,7,15-16H2,1H3/b8-6-. The lowest BCUT2D eigenvalue weighted by molar-refractivity contribution is 0.119. The predicted octanol–water partition coefficient (Wildman–Crippen LogP) is 5.01. The number of hydrogen-bond donors (Lipinski definition) is 0. The summed E-state index contributed by atoms with van der Waals surface area (Å²) >= 11 is 0. The second-order valence-electron chi connectivity index (χ2n) is 4.99. The molecule has 0 saturated carbocycles. The SMILES string of the molecule is Cc1ccc(/C=C\CCCOCc2ccccc2)cc1. The first kappa shape index (κ1) is 14.5. The van der Waals surface area contributed by atoms with E-state index < -0.39 is 0 Å². The van der Waals surface area contributed by atoms with Gasteiger partial charge in [0.1, 0.15) is 0 Å². The Balaban J connectivity index is 1.58. The number of allylic oxidation sites excluding steroid dienone is 1. The molecule has 0 saturated heterocycles. The quantitative estimate of drug-likeness (QED) is 0.640. The zero-order valence-corrected chi connectivity index (χ0v) is 12.1. The van der Waals surface area contributed by atoms with Crippen molar-refractivity contribution in [2.75, 3.05) is 6.61 Å². The van der Waals surface area contributed by atoms with Crippen LogP contribution in [0.25, 0.3) is 6.08 Å². The summed E-state index contributed by atoms with van der Waals surface area (Å²) < 4.78 is 5.65. The van der Waals surface area contributed by atoms with Gasteiger partial charge in [0.15, 0.2) is 0 Å². The molecule has 0 bridgehead atoms. The van der Waals surface area contributed by atoms with Crippen molar-refractivity contribution in [3.8, 4) is 0 Å². The topological polar surface area (TPSA) is 9.23 Å². The van der Waals surface area contributed by atoms with E-state index in [1.807, 2.05) is 18.2 Å². The second-order valence-corrected chi connectivity index (χ2v) is 4.99. The normalized spacial score (nSPS) is 11.1. The Kier molecular flexibility index (Phi) is 6.07. The molecule has 0 fully saturated rings. The maximum Gasteiger partial charge on any atom is 0.0716 e. The minimum absolute atomic E-state index is 0.711. The Labute approximate surface area is 121 Å². The van der Waals surface area contributed by atoms with Crippen LogP contribution in [0, 0.1) is 6.92 Å². The fourth-order valence-corrected chi connectivity index (χ4v) is 1.96. The van der Waals surface area contributed by atoms with E-state index in [2.05, 4.69) is 55.5 Å². The van der Waals surface area contributed by atoms with E-state index in [0.29, 0.717) is 6.61 Å². The highest BCUT2D eigenvalue weighted by atomic mass is 16.5. The number of ether oxygens (including phenoxy) is 1. The van der Waals surface area contributed by atoms with Crippen LogP contribution < -0.4 is 0 Å². The van der Waals surface area contributed by atoms with Gasteiger partial charge in [0.25, 0.3) is 0 Å². The van der Waals surface area contributed by atoms with Crippen molar-refractivity contribution in [2.24, 2.45) is 0 Å². The highest BCUT2D eigenvalue weighted by Crippen LogP contribution is 2.06. The van der Waals surface area contributed by atoms with Crippen LogP contribution >= 0.6 is 0 Å². The molecule has 0 unspecified atom stereocenters. The molecule has 1 heteroatoms. The average molecular weight is 266 g/mol. The fraction of sp³-hybridized carbons (Fsp3) is 0.263. The third-order valence-electron chi connectivity index (χ3n) is 3.16. The molecule has 0 radical (unpaired) electrons. The van der Waals surface area contributed by atoms with Crippen molar-refractivity contribution >= 4 is 6.08 Å². The monoisotopic (exact) mass is 266 g/mol. The van der Waals surface area contributed by atoms with Gasteiger partial charge in [-0.3, -0.25) is 0 Å². The molecule has 20 heavy (non-hydrogen) atoms. The minimum Gasteiger partial charge on any atom is -0.377 e. The molecule has 0 aromatic heterocycles. The van der Waals surface area contributed by atoms with E-state index in [1.165, 1.54) is 16.7 Å². The predicted molar refractivity (Wildman–Crippen MR) is 85.5 cm³/mol. The summed E-state index contributed by atoms with van der Waals surface area (Å²) in [5.41, 5.74) is 3.81. The third kappa shape index (κ3) is 5.41. The van der Waals surface area contributed by atoms with Crippen LogP contribution in [-0.4, -0.2) is 6.61 Å². The van der Waals surface area contributed by atoms with Crippen LogP contribution in [0.15, 0.2) is 60.7 Å². The summed E-state index contributed by atoms with van der Waals surface area (Å²) in [5, 5.41) is 0. The maximum absolute atomic E-state index is 5.65. The molecule has 0 amide bonds. The Morgan fingerprint density at radius 3 is 2.45 bits per heavy atom. The van der Waals surface area contributed by atoms with Crippen molar-refractivity contribution in [3.05, 3.63) is 77.4 Å². The number of rotatable bonds is 7. The first-order chi connectivity index (χ1) is 9.84. The summed E-state index contributed by atoms with van der Waals surface area (Å²) in [6.07, 6.45) is 6.52. The molecule has 2 aromatic carbocycles. The Morgan fingerprint density at radius 1 is 0.950 bits per heavy atom. The van der Waals surface area contributed by atoms with Crippen LogP contribution in [0.1, 0.15) is 29.5 Å². The average Bonchev–Trinajstić information content (AvgIpc) is 2.49. The van der Waals surface area contributed by atoms with Crippen LogP contribution in [0.5, 0.6) is 0 Å². The lowest BCUT2D eigenvalue weighted by Crippen LogP contribution is -1.94. The van der Waals surface area contributed by atoms with Gasteiger partial charge >= 0.3 is 0 Å². The van der Waals surface area contributed by atoms with Gasteiger partial charge in [0.05, 0.1) is 6.61 Å². The van der Waals surface area contributed by atoms with Gasteiger partial charge in [-0.25, -0.2) is 0 Å². The molecule has 0 atom stereocenters. The van der Waals surface area contributed by atoms with E-state index in [9.17, 15) is 0 Å². The van der Waals surface area contributed by atoms with Crippen molar-refractivity contribution in [1.29, 1.82) is 0 Å². The van der Waals surface area contributed by atoms with Gasteiger partial charge in [-0.1, -0.05) is 72.3 Å². The summed E-state index contributed by atoms with van der Waals surface area (Å²) in [6.45, 7) is 3.63. The molecule has 0 aliphatic carbocycles. The van der Waals surface area contributed by atoms with E-state index in [4.69, 9.17) is 4.74 Å². The lowest BCUT2D eigenvalue weighted by Gasteiger charge is -2.02. The first-order valence-corrected chi connectivity index (χ1v) is 7.19. The minimum atomic E-state index is 0.711.